The number of hydrogen-bond acceptors (Lipinski definition) is 3. The van der Waals surface area contributed by atoms with Gasteiger partial charge in [-0.15, -0.1) is 22.7 Å². The molecule has 1 fully saturated rings. The molecule has 0 saturated heterocycles. The first-order chi connectivity index (χ1) is 8.78. The number of fused-ring (bicyclic) bond motifs is 1. The summed E-state index contributed by atoms with van der Waals surface area (Å²) in [5.41, 5.74) is 0. The van der Waals surface area contributed by atoms with Gasteiger partial charge in [0.2, 0.25) is 0 Å². The Morgan fingerprint density at radius 3 is 2.67 bits per heavy atom. The quantitative estimate of drug-likeness (QED) is 0.829. The fourth-order valence-corrected chi connectivity index (χ4v) is 5.49. The van der Waals surface area contributed by atoms with Crippen LogP contribution < -0.4 is 5.32 Å². The third-order valence-electron chi connectivity index (χ3n) is 4.31. The van der Waals surface area contributed by atoms with Gasteiger partial charge >= 0.3 is 0 Å². The van der Waals surface area contributed by atoms with Crippen molar-refractivity contribution in [1.29, 1.82) is 0 Å². The zero-order valence-corrected chi connectivity index (χ0v) is 12.7. The van der Waals surface area contributed by atoms with Gasteiger partial charge < -0.3 is 5.32 Å². The van der Waals surface area contributed by atoms with E-state index in [4.69, 9.17) is 0 Å². The molecule has 0 bridgehead atoms. The molecule has 0 amide bonds. The van der Waals surface area contributed by atoms with Crippen molar-refractivity contribution in [3.63, 3.8) is 0 Å². The van der Waals surface area contributed by atoms with Crippen LogP contribution in [0.3, 0.4) is 0 Å². The van der Waals surface area contributed by atoms with E-state index in [1.165, 1.54) is 35.1 Å². The molecule has 1 nitrogen and oxygen atoms in total. The van der Waals surface area contributed by atoms with Crippen molar-refractivity contribution in [2.45, 2.75) is 38.6 Å². The Morgan fingerprint density at radius 2 is 2.00 bits per heavy atom. The summed E-state index contributed by atoms with van der Waals surface area (Å²) in [7, 11) is 2.12. The molecule has 3 heteroatoms. The molecular weight excluding hydrogens is 258 g/mol. The first kappa shape index (κ1) is 12.6. The van der Waals surface area contributed by atoms with Gasteiger partial charge in [0.15, 0.2) is 0 Å². The number of thiophene rings is 2. The minimum absolute atomic E-state index is 0.571. The van der Waals surface area contributed by atoms with Crippen molar-refractivity contribution in [1.82, 2.24) is 5.32 Å². The molecule has 3 rings (SSSR count). The largest absolute Gasteiger partial charge is 0.312 e. The monoisotopic (exact) mass is 279 g/mol. The highest BCUT2D eigenvalue weighted by Crippen LogP contribution is 2.41. The standard InChI is InChI=1S/C15H21NS2/c1-10-3-5-11(6-4-10)15(16-2)14-9-13-12(18-14)7-8-17-13/h7-11,15-16H,3-6H2,1-2H3. The van der Waals surface area contributed by atoms with Crippen LogP contribution in [0.15, 0.2) is 17.5 Å². The lowest BCUT2D eigenvalue weighted by atomic mass is 9.79. The fraction of sp³-hybridized carbons (Fsp3) is 0.600. The smallest absolute Gasteiger partial charge is 0.0454 e. The van der Waals surface area contributed by atoms with Gasteiger partial charge in [0.1, 0.15) is 0 Å². The van der Waals surface area contributed by atoms with E-state index in [2.05, 4.69) is 36.8 Å². The van der Waals surface area contributed by atoms with Gasteiger partial charge in [-0.05, 0) is 49.2 Å². The Kier molecular flexibility index (Phi) is 3.73. The maximum atomic E-state index is 3.57. The number of rotatable bonds is 3. The summed E-state index contributed by atoms with van der Waals surface area (Å²) < 4.78 is 2.92. The molecule has 1 N–H and O–H groups in total. The van der Waals surface area contributed by atoms with E-state index in [1.807, 2.05) is 22.7 Å². The molecule has 2 heterocycles. The third-order valence-corrected chi connectivity index (χ3v) is 6.48. The number of hydrogen-bond donors (Lipinski definition) is 1. The first-order valence-electron chi connectivity index (χ1n) is 6.92. The normalized spacial score (nSPS) is 26.6. The van der Waals surface area contributed by atoms with Crippen LogP contribution in [0, 0.1) is 11.8 Å². The van der Waals surface area contributed by atoms with Gasteiger partial charge in [-0.25, -0.2) is 0 Å². The van der Waals surface area contributed by atoms with Crippen LogP contribution in [0.2, 0.25) is 0 Å². The van der Waals surface area contributed by atoms with Crippen molar-refractivity contribution in [3.8, 4) is 0 Å². The summed E-state index contributed by atoms with van der Waals surface area (Å²) in [4.78, 5) is 1.54. The molecule has 0 aromatic carbocycles. The van der Waals surface area contributed by atoms with Crippen LogP contribution in [-0.4, -0.2) is 7.05 Å². The van der Waals surface area contributed by atoms with E-state index >= 15 is 0 Å². The molecule has 1 unspecified atom stereocenters. The second-order valence-electron chi connectivity index (χ2n) is 5.58. The SMILES string of the molecule is CNC(c1cc2sccc2s1)C1CCC(C)CC1. The fourth-order valence-electron chi connectivity index (χ4n) is 3.17. The van der Waals surface area contributed by atoms with Gasteiger partial charge in [-0.2, -0.15) is 0 Å². The zero-order chi connectivity index (χ0) is 12.5. The van der Waals surface area contributed by atoms with Crippen LogP contribution in [0.1, 0.15) is 43.5 Å². The predicted molar refractivity (Wildman–Crippen MR) is 82.6 cm³/mol. The predicted octanol–water partition coefficient (Wildman–Crippen LogP) is 5.05. The third kappa shape index (κ3) is 2.36. The Bertz CT molecular complexity index is 477. The Morgan fingerprint density at radius 1 is 1.22 bits per heavy atom. The molecule has 1 aliphatic rings. The molecule has 1 aliphatic carbocycles. The van der Waals surface area contributed by atoms with Crippen molar-refractivity contribution in [2.75, 3.05) is 7.05 Å². The molecule has 0 spiro atoms. The topological polar surface area (TPSA) is 12.0 Å². The molecule has 0 radical (unpaired) electrons. The molecule has 1 saturated carbocycles. The Hall–Kier alpha value is -0.380. The van der Waals surface area contributed by atoms with Crippen LogP contribution in [0.5, 0.6) is 0 Å². The molecule has 2 aromatic heterocycles. The van der Waals surface area contributed by atoms with Gasteiger partial charge in [0, 0.05) is 20.3 Å². The maximum absolute atomic E-state index is 3.57. The highest BCUT2D eigenvalue weighted by atomic mass is 32.1. The summed E-state index contributed by atoms with van der Waals surface area (Å²) >= 11 is 3.84. The van der Waals surface area contributed by atoms with E-state index in [9.17, 15) is 0 Å². The highest BCUT2D eigenvalue weighted by Gasteiger charge is 2.27. The van der Waals surface area contributed by atoms with Crippen LogP contribution >= 0.6 is 22.7 Å². The van der Waals surface area contributed by atoms with Crippen molar-refractivity contribution in [2.24, 2.45) is 11.8 Å². The van der Waals surface area contributed by atoms with Crippen molar-refractivity contribution in [3.05, 3.63) is 22.4 Å². The minimum Gasteiger partial charge on any atom is -0.312 e. The second kappa shape index (κ2) is 5.32. The van der Waals surface area contributed by atoms with Crippen LogP contribution in [0.25, 0.3) is 9.40 Å². The molecule has 0 aliphatic heterocycles. The molecule has 18 heavy (non-hydrogen) atoms. The van der Waals surface area contributed by atoms with Crippen LogP contribution in [-0.2, 0) is 0 Å². The molecule has 1 atom stereocenters. The van der Waals surface area contributed by atoms with Gasteiger partial charge in [0.05, 0.1) is 0 Å². The van der Waals surface area contributed by atoms with E-state index < -0.39 is 0 Å². The lowest BCUT2D eigenvalue weighted by Gasteiger charge is -2.32. The molecule has 2 aromatic rings. The van der Waals surface area contributed by atoms with Gasteiger partial charge in [0.25, 0.3) is 0 Å². The Balaban J connectivity index is 1.81. The average molecular weight is 279 g/mol. The summed E-state index contributed by atoms with van der Waals surface area (Å²) in [5.74, 6) is 1.77. The van der Waals surface area contributed by atoms with E-state index in [1.54, 1.807) is 4.88 Å². The van der Waals surface area contributed by atoms with Crippen molar-refractivity contribution < 1.29 is 0 Å². The summed E-state index contributed by atoms with van der Waals surface area (Å²) in [6.45, 7) is 2.39. The summed E-state index contributed by atoms with van der Waals surface area (Å²) in [6.07, 6.45) is 5.58. The van der Waals surface area contributed by atoms with Crippen molar-refractivity contribution >= 4 is 32.1 Å². The van der Waals surface area contributed by atoms with E-state index in [-0.39, 0.29) is 0 Å². The van der Waals surface area contributed by atoms with Gasteiger partial charge in [-0.1, -0.05) is 19.8 Å². The number of nitrogens with one attached hydrogen (secondary N) is 1. The Labute approximate surface area is 117 Å². The minimum atomic E-state index is 0.571. The summed E-state index contributed by atoms with van der Waals surface area (Å²) in [5, 5.41) is 5.76. The lowest BCUT2D eigenvalue weighted by Crippen LogP contribution is -2.27. The summed E-state index contributed by atoms with van der Waals surface area (Å²) in [6, 6.07) is 5.23. The van der Waals surface area contributed by atoms with Crippen LogP contribution in [0.4, 0.5) is 0 Å². The lowest BCUT2D eigenvalue weighted by molar-refractivity contribution is 0.240. The molecular formula is C15H21NS2. The maximum Gasteiger partial charge on any atom is 0.0454 e. The molecule has 98 valence electrons. The van der Waals surface area contributed by atoms with E-state index in [0.29, 0.717) is 6.04 Å². The first-order valence-corrected chi connectivity index (χ1v) is 8.61. The highest BCUT2D eigenvalue weighted by molar-refractivity contribution is 7.26. The van der Waals surface area contributed by atoms with E-state index in [0.717, 1.165) is 11.8 Å². The second-order valence-corrected chi connectivity index (χ2v) is 7.65. The zero-order valence-electron chi connectivity index (χ0n) is 11.1. The average Bonchev–Trinajstić information content (AvgIpc) is 2.93. The van der Waals surface area contributed by atoms with Gasteiger partial charge in [-0.3, -0.25) is 0 Å².